The predicted octanol–water partition coefficient (Wildman–Crippen LogP) is 1.31. The molecule has 0 N–H and O–H groups in total. The van der Waals surface area contributed by atoms with Crippen molar-refractivity contribution in [2.24, 2.45) is 4.99 Å². The molecule has 2 nitrogen and oxygen atoms in total. The van der Waals surface area contributed by atoms with Gasteiger partial charge in [0.05, 0.1) is 6.26 Å². The summed E-state index contributed by atoms with van der Waals surface area (Å²) in [6.07, 6.45) is 8.33. The number of hydrogen-bond acceptors (Lipinski definition) is 2. The highest BCUT2D eigenvalue weighted by atomic mass is 16.3. The molecule has 0 saturated heterocycles. The first kappa shape index (κ1) is 6.63. The van der Waals surface area contributed by atoms with Crippen LogP contribution in [0.1, 0.15) is 11.3 Å². The van der Waals surface area contributed by atoms with Gasteiger partial charge in [0, 0.05) is 18.8 Å². The molecule has 0 bridgehead atoms. The number of aliphatic imine (C=N–C) groups is 1. The van der Waals surface area contributed by atoms with Crippen LogP contribution in [0.3, 0.4) is 0 Å². The summed E-state index contributed by atoms with van der Waals surface area (Å²) in [6.45, 7) is 0. The van der Waals surface area contributed by atoms with E-state index in [0.29, 0.717) is 5.76 Å². The van der Waals surface area contributed by atoms with Crippen LogP contribution in [0, 0.1) is 12.3 Å². The Bertz CT molecular complexity index is 278. The van der Waals surface area contributed by atoms with Crippen LogP contribution in [0.25, 0.3) is 0 Å². The molecule has 1 heterocycles. The molecule has 0 spiro atoms. The molecule has 0 atom stereocenters. The molecule has 0 aliphatic carbocycles. The van der Waals surface area contributed by atoms with Crippen LogP contribution >= 0.6 is 0 Å². The highest BCUT2D eigenvalue weighted by Crippen LogP contribution is 2.05. The zero-order valence-electron chi connectivity index (χ0n) is 5.66. The van der Waals surface area contributed by atoms with E-state index < -0.39 is 0 Å². The fourth-order valence-electron chi connectivity index (χ4n) is 0.677. The summed E-state index contributed by atoms with van der Waals surface area (Å²) in [5, 5.41) is 0. The summed E-state index contributed by atoms with van der Waals surface area (Å²) in [7, 11) is 1.69. The summed E-state index contributed by atoms with van der Waals surface area (Å²) in [5.74, 6) is 2.94. The van der Waals surface area contributed by atoms with Crippen LogP contribution in [-0.4, -0.2) is 13.3 Å². The molecule has 50 valence electrons. The normalized spacial score (nSPS) is 10.0. The average Bonchev–Trinajstić information content (AvgIpc) is 2.36. The van der Waals surface area contributed by atoms with E-state index in [9.17, 15) is 0 Å². The van der Waals surface area contributed by atoms with Gasteiger partial charge in [0.15, 0.2) is 5.76 Å². The summed E-state index contributed by atoms with van der Waals surface area (Å²) >= 11 is 0. The maximum atomic E-state index is 5.12. The van der Waals surface area contributed by atoms with E-state index in [-0.39, 0.29) is 0 Å². The maximum absolute atomic E-state index is 5.12. The molecule has 0 unspecified atom stereocenters. The minimum Gasteiger partial charge on any atom is -0.455 e. The molecule has 0 saturated carbocycles. The quantitative estimate of drug-likeness (QED) is 0.419. The first-order valence-electron chi connectivity index (χ1n) is 2.84. The van der Waals surface area contributed by atoms with E-state index in [4.69, 9.17) is 10.8 Å². The van der Waals surface area contributed by atoms with Gasteiger partial charge in [-0.3, -0.25) is 4.99 Å². The molecule has 0 amide bonds. The first-order chi connectivity index (χ1) is 4.88. The first-order valence-corrected chi connectivity index (χ1v) is 2.84. The Kier molecular flexibility index (Phi) is 1.91. The molecule has 10 heavy (non-hydrogen) atoms. The van der Waals surface area contributed by atoms with Crippen molar-refractivity contribution in [2.75, 3.05) is 7.05 Å². The van der Waals surface area contributed by atoms with Crippen molar-refractivity contribution in [1.82, 2.24) is 0 Å². The number of nitrogens with zero attached hydrogens (tertiary/aromatic N) is 1. The molecular weight excluding hydrogens is 126 g/mol. The van der Waals surface area contributed by atoms with Gasteiger partial charge in [0.1, 0.15) is 0 Å². The zero-order chi connectivity index (χ0) is 7.40. The molecule has 1 aromatic heterocycles. The standard InChI is InChI=1S/C8H7NO/c1-3-8-7(6-9-2)4-5-10-8/h1,4-6H,2H3/b9-6-. The van der Waals surface area contributed by atoms with Crippen molar-refractivity contribution < 1.29 is 4.42 Å². The van der Waals surface area contributed by atoms with Gasteiger partial charge in [0.2, 0.25) is 0 Å². The van der Waals surface area contributed by atoms with Gasteiger partial charge in [-0.15, -0.1) is 6.42 Å². The number of rotatable bonds is 1. The SMILES string of the molecule is C#Cc1occc1/C=N\C. The summed E-state index contributed by atoms with van der Waals surface area (Å²) < 4.78 is 4.94. The third-order valence-corrected chi connectivity index (χ3v) is 1.09. The molecule has 1 aromatic rings. The lowest BCUT2D eigenvalue weighted by Crippen LogP contribution is -1.79. The third kappa shape index (κ3) is 1.08. The van der Waals surface area contributed by atoms with Crippen LogP contribution in [-0.2, 0) is 0 Å². The third-order valence-electron chi connectivity index (χ3n) is 1.09. The van der Waals surface area contributed by atoms with Gasteiger partial charge < -0.3 is 4.42 Å². The van der Waals surface area contributed by atoms with E-state index in [0.717, 1.165) is 5.56 Å². The molecule has 0 aliphatic heterocycles. The fraction of sp³-hybridized carbons (Fsp3) is 0.125. The second-order valence-electron chi connectivity index (χ2n) is 1.74. The van der Waals surface area contributed by atoms with Crippen molar-refractivity contribution in [3.05, 3.63) is 23.7 Å². The Hall–Kier alpha value is -1.49. The minimum atomic E-state index is 0.533. The van der Waals surface area contributed by atoms with Gasteiger partial charge in [-0.05, 0) is 12.0 Å². The van der Waals surface area contributed by atoms with Crippen LogP contribution in [0.2, 0.25) is 0 Å². The molecule has 0 aliphatic rings. The Morgan fingerprint density at radius 1 is 1.80 bits per heavy atom. The lowest BCUT2D eigenvalue weighted by atomic mass is 10.3. The van der Waals surface area contributed by atoms with Crippen LogP contribution in [0.5, 0.6) is 0 Å². The number of furan rings is 1. The fourth-order valence-corrected chi connectivity index (χ4v) is 0.677. The highest BCUT2D eigenvalue weighted by molar-refractivity contribution is 5.82. The van der Waals surface area contributed by atoms with E-state index in [1.54, 1.807) is 25.6 Å². The van der Waals surface area contributed by atoms with Crippen molar-refractivity contribution in [1.29, 1.82) is 0 Å². The second-order valence-corrected chi connectivity index (χ2v) is 1.74. The molecular formula is C8H7NO. The molecule has 0 radical (unpaired) electrons. The van der Waals surface area contributed by atoms with E-state index in [2.05, 4.69) is 10.9 Å². The Morgan fingerprint density at radius 3 is 3.20 bits per heavy atom. The predicted molar refractivity (Wildman–Crippen MR) is 40.2 cm³/mol. The monoisotopic (exact) mass is 133 g/mol. The largest absolute Gasteiger partial charge is 0.455 e. The topological polar surface area (TPSA) is 25.5 Å². The van der Waals surface area contributed by atoms with E-state index in [1.807, 2.05) is 0 Å². The van der Waals surface area contributed by atoms with Gasteiger partial charge in [0.25, 0.3) is 0 Å². The molecule has 1 rings (SSSR count). The van der Waals surface area contributed by atoms with Crippen LogP contribution < -0.4 is 0 Å². The van der Waals surface area contributed by atoms with Gasteiger partial charge in [-0.25, -0.2) is 0 Å². The van der Waals surface area contributed by atoms with Crippen molar-refractivity contribution >= 4 is 6.21 Å². The number of hydrogen-bond donors (Lipinski definition) is 0. The highest BCUT2D eigenvalue weighted by Gasteiger charge is 1.97. The zero-order valence-corrected chi connectivity index (χ0v) is 5.66. The van der Waals surface area contributed by atoms with Gasteiger partial charge in [-0.1, -0.05) is 0 Å². The summed E-state index contributed by atoms with van der Waals surface area (Å²) in [6, 6.07) is 1.78. The second kappa shape index (κ2) is 2.88. The van der Waals surface area contributed by atoms with Crippen LogP contribution in [0.15, 0.2) is 21.7 Å². The average molecular weight is 133 g/mol. The molecule has 2 heteroatoms. The lowest BCUT2D eigenvalue weighted by Gasteiger charge is -1.82. The van der Waals surface area contributed by atoms with E-state index >= 15 is 0 Å². The molecule has 0 aromatic carbocycles. The Labute approximate surface area is 59.6 Å². The Morgan fingerprint density at radius 2 is 2.60 bits per heavy atom. The van der Waals surface area contributed by atoms with Crippen molar-refractivity contribution in [3.8, 4) is 12.3 Å². The smallest absolute Gasteiger partial charge is 0.185 e. The maximum Gasteiger partial charge on any atom is 0.185 e. The Balaban J connectivity index is 3.04. The van der Waals surface area contributed by atoms with Gasteiger partial charge >= 0.3 is 0 Å². The summed E-state index contributed by atoms with van der Waals surface area (Å²) in [5.41, 5.74) is 0.852. The lowest BCUT2D eigenvalue weighted by molar-refractivity contribution is 0.554. The van der Waals surface area contributed by atoms with Crippen LogP contribution in [0.4, 0.5) is 0 Å². The van der Waals surface area contributed by atoms with Crippen molar-refractivity contribution in [2.45, 2.75) is 0 Å². The van der Waals surface area contributed by atoms with Gasteiger partial charge in [-0.2, -0.15) is 0 Å². The van der Waals surface area contributed by atoms with E-state index in [1.165, 1.54) is 0 Å². The summed E-state index contributed by atoms with van der Waals surface area (Å²) in [4.78, 5) is 3.81. The number of terminal acetylenes is 1. The molecule has 0 fully saturated rings. The minimum absolute atomic E-state index is 0.533. The van der Waals surface area contributed by atoms with Crippen molar-refractivity contribution in [3.63, 3.8) is 0 Å².